The van der Waals surface area contributed by atoms with Gasteiger partial charge in [0.25, 0.3) is 0 Å². The van der Waals surface area contributed by atoms with E-state index in [1.807, 2.05) is 12.1 Å². The van der Waals surface area contributed by atoms with Gasteiger partial charge >= 0.3 is 0 Å². The van der Waals surface area contributed by atoms with Gasteiger partial charge in [-0.15, -0.1) is 0 Å². The van der Waals surface area contributed by atoms with Crippen LogP contribution < -0.4 is 10.1 Å². The smallest absolute Gasteiger partial charge is 0.127 e. The Morgan fingerprint density at radius 1 is 1.25 bits per heavy atom. The molecule has 0 saturated heterocycles. The molecule has 0 spiro atoms. The molecule has 1 N–H and O–H groups in total. The van der Waals surface area contributed by atoms with Crippen LogP contribution in [0.4, 0.5) is 0 Å². The molecule has 0 bridgehead atoms. The van der Waals surface area contributed by atoms with Gasteiger partial charge in [0.05, 0.1) is 12.9 Å². The van der Waals surface area contributed by atoms with Gasteiger partial charge in [0.15, 0.2) is 0 Å². The second-order valence-corrected chi connectivity index (χ2v) is 5.16. The first-order chi connectivity index (χ1) is 9.88. The molecule has 0 saturated carbocycles. The first kappa shape index (κ1) is 13.3. The van der Waals surface area contributed by atoms with Gasteiger partial charge < -0.3 is 14.5 Å². The summed E-state index contributed by atoms with van der Waals surface area (Å²) in [7, 11) is 0. The predicted molar refractivity (Wildman–Crippen MR) is 79.1 cm³/mol. The van der Waals surface area contributed by atoms with E-state index in [0.29, 0.717) is 6.04 Å². The summed E-state index contributed by atoms with van der Waals surface area (Å²) in [5.41, 5.74) is 2.62. The topological polar surface area (TPSA) is 34.4 Å². The van der Waals surface area contributed by atoms with Crippen LogP contribution in [0.1, 0.15) is 36.3 Å². The summed E-state index contributed by atoms with van der Waals surface area (Å²) in [4.78, 5) is 0. The second-order valence-electron chi connectivity index (χ2n) is 5.16. The first-order valence-corrected chi connectivity index (χ1v) is 7.39. The average molecular weight is 271 g/mol. The van der Waals surface area contributed by atoms with Gasteiger partial charge in [-0.2, -0.15) is 0 Å². The van der Waals surface area contributed by atoms with Gasteiger partial charge in [-0.05, 0) is 30.7 Å². The van der Waals surface area contributed by atoms with Crippen LogP contribution in [0.5, 0.6) is 5.75 Å². The molecule has 0 amide bonds. The lowest BCUT2D eigenvalue weighted by molar-refractivity contribution is 0.346. The van der Waals surface area contributed by atoms with Crippen molar-refractivity contribution in [2.75, 3.05) is 13.2 Å². The van der Waals surface area contributed by atoms with Gasteiger partial charge in [0.2, 0.25) is 0 Å². The van der Waals surface area contributed by atoms with Crippen molar-refractivity contribution < 1.29 is 9.15 Å². The molecule has 1 aliphatic heterocycles. The summed E-state index contributed by atoms with van der Waals surface area (Å²) in [6.45, 7) is 3.90. The first-order valence-electron chi connectivity index (χ1n) is 7.39. The zero-order chi connectivity index (χ0) is 13.8. The van der Waals surface area contributed by atoms with E-state index in [9.17, 15) is 0 Å². The summed E-state index contributed by atoms with van der Waals surface area (Å²) in [6.07, 6.45) is 4.72. The van der Waals surface area contributed by atoms with Crippen LogP contribution in [0.25, 0.3) is 0 Å². The Hall–Kier alpha value is -1.74. The van der Waals surface area contributed by atoms with Crippen LogP contribution in [0.3, 0.4) is 0 Å². The van der Waals surface area contributed by atoms with Crippen LogP contribution in [-0.2, 0) is 12.8 Å². The number of ether oxygens (including phenoxy) is 1. The van der Waals surface area contributed by atoms with E-state index in [2.05, 4.69) is 30.4 Å². The number of furan rings is 1. The molecule has 0 fully saturated rings. The number of hydrogen-bond donors (Lipinski definition) is 1. The molecule has 0 aliphatic carbocycles. The largest absolute Gasteiger partial charge is 0.493 e. The Labute approximate surface area is 119 Å². The Morgan fingerprint density at radius 3 is 3.00 bits per heavy atom. The third kappa shape index (κ3) is 2.73. The highest BCUT2D eigenvalue weighted by molar-refractivity contribution is 5.45. The SMILES string of the molecule is CCNC(CCc1ccco1)c1cccc2c1OCC2. The molecule has 1 aliphatic rings. The van der Waals surface area contributed by atoms with Gasteiger partial charge in [-0.3, -0.25) is 0 Å². The minimum atomic E-state index is 0.318. The van der Waals surface area contributed by atoms with Gasteiger partial charge in [0, 0.05) is 24.4 Å². The standard InChI is InChI=1S/C17H21NO2/c1-2-18-16(9-8-14-6-4-11-19-14)15-7-3-5-13-10-12-20-17(13)15/h3-7,11,16,18H,2,8-10,12H2,1H3. The lowest BCUT2D eigenvalue weighted by Crippen LogP contribution is -2.22. The number of rotatable bonds is 6. The number of fused-ring (bicyclic) bond motifs is 1. The minimum absolute atomic E-state index is 0.318. The van der Waals surface area contributed by atoms with Crippen molar-refractivity contribution in [1.29, 1.82) is 0 Å². The minimum Gasteiger partial charge on any atom is -0.493 e. The Kier molecular flexibility index (Phi) is 4.07. The van der Waals surface area contributed by atoms with E-state index in [1.165, 1.54) is 11.1 Å². The molecular weight excluding hydrogens is 250 g/mol. The molecule has 20 heavy (non-hydrogen) atoms. The van der Waals surface area contributed by atoms with E-state index in [0.717, 1.165) is 43.9 Å². The van der Waals surface area contributed by atoms with Crippen LogP contribution >= 0.6 is 0 Å². The highest BCUT2D eigenvalue weighted by atomic mass is 16.5. The number of benzene rings is 1. The van der Waals surface area contributed by atoms with E-state index in [1.54, 1.807) is 6.26 Å². The number of nitrogens with one attached hydrogen (secondary N) is 1. The van der Waals surface area contributed by atoms with E-state index in [4.69, 9.17) is 9.15 Å². The average Bonchev–Trinajstić information content (AvgIpc) is 3.13. The molecule has 3 rings (SSSR count). The summed E-state index contributed by atoms with van der Waals surface area (Å²) < 4.78 is 11.3. The Balaban J connectivity index is 1.78. The Morgan fingerprint density at radius 2 is 2.20 bits per heavy atom. The zero-order valence-corrected chi connectivity index (χ0v) is 11.9. The predicted octanol–water partition coefficient (Wildman–Crippen LogP) is 3.50. The lowest BCUT2D eigenvalue weighted by atomic mass is 9.97. The maximum absolute atomic E-state index is 5.83. The van der Waals surface area contributed by atoms with Crippen molar-refractivity contribution in [2.24, 2.45) is 0 Å². The summed E-state index contributed by atoms with van der Waals surface area (Å²) in [5, 5.41) is 3.57. The maximum Gasteiger partial charge on any atom is 0.127 e. The normalized spacial score (nSPS) is 14.8. The van der Waals surface area contributed by atoms with Crippen LogP contribution in [-0.4, -0.2) is 13.2 Å². The van der Waals surface area contributed by atoms with Crippen molar-refractivity contribution in [3.63, 3.8) is 0 Å². The molecule has 3 nitrogen and oxygen atoms in total. The van der Waals surface area contributed by atoms with Crippen molar-refractivity contribution in [2.45, 2.75) is 32.2 Å². The fraction of sp³-hybridized carbons (Fsp3) is 0.412. The van der Waals surface area contributed by atoms with Crippen LogP contribution in [0.15, 0.2) is 41.0 Å². The third-order valence-corrected chi connectivity index (χ3v) is 3.83. The molecular formula is C17H21NO2. The van der Waals surface area contributed by atoms with Gasteiger partial charge in [-0.1, -0.05) is 25.1 Å². The van der Waals surface area contributed by atoms with Crippen molar-refractivity contribution in [1.82, 2.24) is 5.32 Å². The highest BCUT2D eigenvalue weighted by Gasteiger charge is 2.21. The highest BCUT2D eigenvalue weighted by Crippen LogP contribution is 2.35. The molecule has 1 aromatic heterocycles. The number of para-hydroxylation sites is 1. The summed E-state index contributed by atoms with van der Waals surface area (Å²) >= 11 is 0. The van der Waals surface area contributed by atoms with Crippen molar-refractivity contribution >= 4 is 0 Å². The van der Waals surface area contributed by atoms with E-state index in [-0.39, 0.29) is 0 Å². The third-order valence-electron chi connectivity index (χ3n) is 3.83. The fourth-order valence-electron chi connectivity index (χ4n) is 2.87. The van der Waals surface area contributed by atoms with Gasteiger partial charge in [0.1, 0.15) is 11.5 Å². The second kappa shape index (κ2) is 6.14. The number of hydrogen-bond acceptors (Lipinski definition) is 3. The molecule has 0 radical (unpaired) electrons. The van der Waals surface area contributed by atoms with Crippen molar-refractivity contribution in [3.8, 4) is 5.75 Å². The van der Waals surface area contributed by atoms with Crippen LogP contribution in [0, 0.1) is 0 Å². The molecule has 106 valence electrons. The summed E-state index contributed by atoms with van der Waals surface area (Å²) in [6, 6.07) is 10.8. The van der Waals surface area contributed by atoms with Gasteiger partial charge in [-0.25, -0.2) is 0 Å². The quantitative estimate of drug-likeness (QED) is 0.873. The zero-order valence-electron chi connectivity index (χ0n) is 11.9. The molecule has 2 aromatic rings. The molecule has 3 heteroatoms. The lowest BCUT2D eigenvalue weighted by Gasteiger charge is -2.20. The van der Waals surface area contributed by atoms with E-state index < -0.39 is 0 Å². The fourth-order valence-corrected chi connectivity index (χ4v) is 2.87. The molecule has 2 heterocycles. The molecule has 1 unspecified atom stereocenters. The Bertz CT molecular complexity index is 548. The monoisotopic (exact) mass is 271 g/mol. The summed E-state index contributed by atoms with van der Waals surface area (Å²) in [5.74, 6) is 2.14. The molecule has 1 atom stereocenters. The maximum atomic E-state index is 5.83. The number of aryl methyl sites for hydroxylation is 1. The van der Waals surface area contributed by atoms with Crippen LogP contribution in [0.2, 0.25) is 0 Å². The van der Waals surface area contributed by atoms with E-state index >= 15 is 0 Å². The van der Waals surface area contributed by atoms with Crippen molar-refractivity contribution in [3.05, 3.63) is 53.5 Å². The molecule has 1 aromatic carbocycles.